The van der Waals surface area contributed by atoms with Crippen molar-refractivity contribution in [2.75, 3.05) is 20.7 Å². The van der Waals surface area contributed by atoms with Gasteiger partial charge in [0.15, 0.2) is 5.96 Å². The molecular formula is C19H25FIN3O. The zero-order valence-electron chi connectivity index (χ0n) is 14.6. The predicted octanol–water partition coefficient (Wildman–Crippen LogP) is 3.75. The van der Waals surface area contributed by atoms with Crippen molar-refractivity contribution in [1.29, 1.82) is 0 Å². The average Bonchev–Trinajstić information content (AvgIpc) is 2.61. The highest BCUT2D eigenvalue weighted by Crippen LogP contribution is 2.10. The maximum atomic E-state index is 13.1. The van der Waals surface area contributed by atoms with E-state index in [2.05, 4.69) is 15.6 Å². The Balaban J connectivity index is 0.00000312. The molecule has 0 spiro atoms. The Hall–Kier alpha value is -1.83. The van der Waals surface area contributed by atoms with Gasteiger partial charge in [-0.05, 0) is 48.2 Å². The predicted molar refractivity (Wildman–Crippen MR) is 111 cm³/mol. The number of benzene rings is 2. The van der Waals surface area contributed by atoms with Crippen LogP contribution in [0.4, 0.5) is 4.39 Å². The SMILES string of the molecule is CN=C(NCCCc1cccc(F)c1)NCc1ccc(OC)cc1.I. The molecule has 0 aliphatic rings. The molecule has 0 bridgehead atoms. The van der Waals surface area contributed by atoms with Crippen molar-refractivity contribution in [2.24, 2.45) is 4.99 Å². The van der Waals surface area contributed by atoms with Crippen LogP contribution in [-0.2, 0) is 13.0 Å². The Morgan fingerprint density at radius 2 is 1.84 bits per heavy atom. The van der Waals surface area contributed by atoms with E-state index in [0.29, 0.717) is 6.54 Å². The highest BCUT2D eigenvalue weighted by atomic mass is 127. The number of rotatable bonds is 7. The number of aryl methyl sites for hydroxylation is 1. The lowest BCUT2D eigenvalue weighted by atomic mass is 10.1. The van der Waals surface area contributed by atoms with Crippen LogP contribution in [0.3, 0.4) is 0 Å². The largest absolute Gasteiger partial charge is 0.497 e. The van der Waals surface area contributed by atoms with Gasteiger partial charge in [0.05, 0.1) is 7.11 Å². The van der Waals surface area contributed by atoms with Crippen molar-refractivity contribution in [1.82, 2.24) is 10.6 Å². The molecule has 0 heterocycles. The van der Waals surface area contributed by atoms with E-state index in [-0.39, 0.29) is 29.8 Å². The smallest absolute Gasteiger partial charge is 0.191 e. The van der Waals surface area contributed by atoms with E-state index in [1.54, 1.807) is 26.3 Å². The minimum absolute atomic E-state index is 0. The molecule has 6 heteroatoms. The number of nitrogens with one attached hydrogen (secondary N) is 2. The summed E-state index contributed by atoms with van der Waals surface area (Å²) in [6.07, 6.45) is 1.74. The van der Waals surface area contributed by atoms with Gasteiger partial charge in [0, 0.05) is 20.1 Å². The second-order valence-corrected chi connectivity index (χ2v) is 5.43. The molecule has 2 aromatic rings. The maximum absolute atomic E-state index is 13.1. The minimum Gasteiger partial charge on any atom is -0.497 e. The van der Waals surface area contributed by atoms with E-state index < -0.39 is 0 Å². The Bertz CT molecular complexity index is 662. The molecule has 0 fully saturated rings. The summed E-state index contributed by atoms with van der Waals surface area (Å²) in [6.45, 7) is 1.46. The van der Waals surface area contributed by atoms with Gasteiger partial charge in [0.1, 0.15) is 11.6 Å². The van der Waals surface area contributed by atoms with E-state index in [0.717, 1.165) is 42.2 Å². The number of methoxy groups -OCH3 is 1. The number of hydrogen-bond donors (Lipinski definition) is 2. The summed E-state index contributed by atoms with van der Waals surface area (Å²) in [5.41, 5.74) is 2.16. The fourth-order valence-corrected chi connectivity index (χ4v) is 2.34. The van der Waals surface area contributed by atoms with Crippen molar-refractivity contribution < 1.29 is 9.13 Å². The summed E-state index contributed by atoms with van der Waals surface area (Å²) in [6, 6.07) is 14.6. The number of aliphatic imine (C=N–C) groups is 1. The van der Waals surface area contributed by atoms with Gasteiger partial charge >= 0.3 is 0 Å². The minimum atomic E-state index is -0.183. The zero-order chi connectivity index (χ0) is 17.2. The van der Waals surface area contributed by atoms with Crippen LogP contribution in [0.15, 0.2) is 53.5 Å². The van der Waals surface area contributed by atoms with Gasteiger partial charge in [-0.25, -0.2) is 4.39 Å². The molecule has 0 saturated carbocycles. The van der Waals surface area contributed by atoms with Gasteiger partial charge in [0.25, 0.3) is 0 Å². The molecule has 2 N–H and O–H groups in total. The lowest BCUT2D eigenvalue weighted by Crippen LogP contribution is -2.37. The lowest BCUT2D eigenvalue weighted by molar-refractivity contribution is 0.414. The van der Waals surface area contributed by atoms with Crippen LogP contribution in [0, 0.1) is 5.82 Å². The summed E-state index contributed by atoms with van der Waals surface area (Å²) in [5.74, 6) is 1.42. The van der Waals surface area contributed by atoms with Crippen LogP contribution in [-0.4, -0.2) is 26.7 Å². The van der Waals surface area contributed by atoms with Crippen LogP contribution in [0.5, 0.6) is 5.75 Å². The quantitative estimate of drug-likeness (QED) is 0.288. The summed E-state index contributed by atoms with van der Waals surface area (Å²) in [7, 11) is 3.40. The normalized spacial score (nSPS) is 10.8. The lowest BCUT2D eigenvalue weighted by Gasteiger charge is -2.12. The third-order valence-electron chi connectivity index (χ3n) is 3.67. The van der Waals surface area contributed by atoms with Gasteiger partial charge in [-0.2, -0.15) is 0 Å². The molecule has 0 radical (unpaired) electrons. The third-order valence-corrected chi connectivity index (χ3v) is 3.67. The van der Waals surface area contributed by atoms with Crippen molar-refractivity contribution in [3.63, 3.8) is 0 Å². The topological polar surface area (TPSA) is 45.7 Å². The monoisotopic (exact) mass is 457 g/mol. The first-order valence-electron chi connectivity index (χ1n) is 8.03. The zero-order valence-corrected chi connectivity index (χ0v) is 16.9. The Kier molecular flexibility index (Phi) is 9.91. The molecule has 25 heavy (non-hydrogen) atoms. The van der Waals surface area contributed by atoms with E-state index in [4.69, 9.17) is 4.74 Å². The third kappa shape index (κ3) is 7.72. The summed E-state index contributed by atoms with van der Waals surface area (Å²) in [4.78, 5) is 4.21. The van der Waals surface area contributed by atoms with Gasteiger partial charge < -0.3 is 15.4 Å². The maximum Gasteiger partial charge on any atom is 0.191 e. The van der Waals surface area contributed by atoms with E-state index >= 15 is 0 Å². The molecule has 0 atom stereocenters. The number of hydrogen-bond acceptors (Lipinski definition) is 2. The number of ether oxygens (including phenoxy) is 1. The second-order valence-electron chi connectivity index (χ2n) is 5.43. The fourth-order valence-electron chi connectivity index (χ4n) is 2.34. The summed E-state index contributed by atoms with van der Waals surface area (Å²) < 4.78 is 18.3. The van der Waals surface area contributed by atoms with Crippen LogP contribution < -0.4 is 15.4 Å². The molecule has 0 unspecified atom stereocenters. The van der Waals surface area contributed by atoms with Crippen LogP contribution in [0.1, 0.15) is 17.5 Å². The molecule has 136 valence electrons. The summed E-state index contributed by atoms with van der Waals surface area (Å²) >= 11 is 0. The first kappa shape index (κ1) is 21.2. The molecule has 0 saturated heterocycles. The van der Waals surface area contributed by atoms with E-state index in [9.17, 15) is 4.39 Å². The Morgan fingerprint density at radius 3 is 2.48 bits per heavy atom. The molecule has 0 amide bonds. The highest BCUT2D eigenvalue weighted by molar-refractivity contribution is 14.0. The first-order chi connectivity index (χ1) is 11.7. The second kappa shape index (κ2) is 11.7. The van der Waals surface area contributed by atoms with Crippen LogP contribution in [0.25, 0.3) is 0 Å². The van der Waals surface area contributed by atoms with Gasteiger partial charge in [-0.1, -0.05) is 24.3 Å². The van der Waals surface area contributed by atoms with E-state index in [1.807, 2.05) is 30.3 Å². The summed E-state index contributed by atoms with van der Waals surface area (Å²) in [5, 5.41) is 6.54. The van der Waals surface area contributed by atoms with Crippen LogP contribution in [0.2, 0.25) is 0 Å². The molecular weight excluding hydrogens is 432 g/mol. The van der Waals surface area contributed by atoms with Gasteiger partial charge in [-0.15, -0.1) is 24.0 Å². The number of halogens is 2. The van der Waals surface area contributed by atoms with Crippen molar-refractivity contribution in [2.45, 2.75) is 19.4 Å². The number of nitrogens with zero attached hydrogens (tertiary/aromatic N) is 1. The highest BCUT2D eigenvalue weighted by Gasteiger charge is 2.00. The molecule has 4 nitrogen and oxygen atoms in total. The van der Waals surface area contributed by atoms with Crippen molar-refractivity contribution in [3.8, 4) is 5.75 Å². The standard InChI is InChI=1S/C19H24FN3O.HI/c1-21-19(23-14-16-8-10-18(24-2)11-9-16)22-12-4-6-15-5-3-7-17(20)13-15;/h3,5,7-11,13H,4,6,12,14H2,1-2H3,(H2,21,22,23);1H. The molecule has 0 aliphatic carbocycles. The van der Waals surface area contributed by atoms with Gasteiger partial charge in [-0.3, -0.25) is 4.99 Å². The Labute approximate surface area is 165 Å². The molecule has 2 aromatic carbocycles. The molecule has 0 aliphatic heterocycles. The molecule has 2 rings (SSSR count). The Morgan fingerprint density at radius 1 is 1.08 bits per heavy atom. The van der Waals surface area contributed by atoms with Gasteiger partial charge in [0.2, 0.25) is 0 Å². The van der Waals surface area contributed by atoms with E-state index in [1.165, 1.54) is 6.07 Å². The average molecular weight is 457 g/mol. The first-order valence-corrected chi connectivity index (χ1v) is 8.03. The van der Waals surface area contributed by atoms with Crippen molar-refractivity contribution >= 4 is 29.9 Å². The fraction of sp³-hybridized carbons (Fsp3) is 0.316. The van der Waals surface area contributed by atoms with Crippen molar-refractivity contribution in [3.05, 3.63) is 65.5 Å². The number of guanidine groups is 1. The molecule has 0 aromatic heterocycles. The van der Waals surface area contributed by atoms with Crippen LogP contribution >= 0.6 is 24.0 Å².